The number of rotatable bonds is 6. The van der Waals surface area contributed by atoms with Gasteiger partial charge in [-0.05, 0) is 38.1 Å². The van der Waals surface area contributed by atoms with Crippen LogP contribution in [0.4, 0.5) is 0 Å². The molecule has 0 aliphatic rings. The molecule has 0 amide bonds. The molecule has 0 aliphatic carbocycles. The van der Waals surface area contributed by atoms with Crippen LogP contribution in [0.15, 0.2) is 0 Å². The summed E-state index contributed by atoms with van der Waals surface area (Å²) in [5.41, 5.74) is 5.64. The van der Waals surface area contributed by atoms with Gasteiger partial charge in [0.15, 0.2) is 0 Å². The summed E-state index contributed by atoms with van der Waals surface area (Å²) in [5, 5.41) is 8.26. The number of nitrogens with two attached hydrogens (primary N) is 1. The van der Waals surface area contributed by atoms with Gasteiger partial charge in [-0.1, -0.05) is 13.8 Å². The lowest BCUT2D eigenvalue weighted by molar-refractivity contribution is 0.338. The number of aromatic nitrogens is 3. The zero-order valence-corrected chi connectivity index (χ0v) is 10.9. The summed E-state index contributed by atoms with van der Waals surface area (Å²) in [6.45, 7) is 7.29. The van der Waals surface area contributed by atoms with E-state index in [-0.39, 0.29) is 0 Å². The van der Waals surface area contributed by atoms with Crippen LogP contribution in [0.2, 0.25) is 0 Å². The molecule has 16 heavy (non-hydrogen) atoms. The Hall–Kier alpha value is -0.900. The summed E-state index contributed by atoms with van der Waals surface area (Å²) in [6, 6.07) is 0. The molecule has 1 heterocycles. The minimum atomic E-state index is 0.692. The predicted molar refractivity (Wildman–Crippen MR) is 66.1 cm³/mol. The van der Waals surface area contributed by atoms with Crippen LogP contribution in [0.25, 0.3) is 0 Å². The summed E-state index contributed by atoms with van der Waals surface area (Å²) in [4.78, 5) is 0. The highest BCUT2D eigenvalue weighted by Crippen LogP contribution is 2.20. The first-order valence-corrected chi connectivity index (χ1v) is 6.11. The third-order valence-corrected chi connectivity index (χ3v) is 3.40. The summed E-state index contributed by atoms with van der Waals surface area (Å²) in [5.74, 6) is 3.45. The number of nitrogens with zero attached hydrogens (tertiary/aromatic N) is 3. The van der Waals surface area contributed by atoms with E-state index < -0.39 is 0 Å². The quantitative estimate of drug-likeness (QED) is 0.799. The maximum absolute atomic E-state index is 5.64. The molecule has 4 heteroatoms. The first-order valence-electron chi connectivity index (χ1n) is 6.11. The third kappa shape index (κ3) is 3.30. The molecule has 0 aliphatic heterocycles. The van der Waals surface area contributed by atoms with Gasteiger partial charge >= 0.3 is 0 Å². The first-order chi connectivity index (χ1) is 7.56. The van der Waals surface area contributed by atoms with E-state index in [0.717, 1.165) is 37.5 Å². The van der Waals surface area contributed by atoms with E-state index in [9.17, 15) is 0 Å². The van der Waals surface area contributed by atoms with Gasteiger partial charge in [-0.15, -0.1) is 10.2 Å². The molecule has 0 aromatic carbocycles. The highest BCUT2D eigenvalue weighted by molar-refractivity contribution is 4.92. The molecule has 0 spiro atoms. The second kappa shape index (κ2) is 5.99. The van der Waals surface area contributed by atoms with Crippen molar-refractivity contribution in [3.05, 3.63) is 11.6 Å². The fraction of sp³-hybridized carbons (Fsp3) is 0.833. The predicted octanol–water partition coefficient (Wildman–Crippen LogP) is 1.68. The summed E-state index contributed by atoms with van der Waals surface area (Å²) in [7, 11) is 2.03. The Kier molecular flexibility index (Phi) is 4.93. The van der Waals surface area contributed by atoms with Crippen LogP contribution >= 0.6 is 0 Å². The highest BCUT2D eigenvalue weighted by Gasteiger charge is 2.14. The van der Waals surface area contributed by atoms with Gasteiger partial charge in [-0.25, -0.2) is 0 Å². The lowest BCUT2D eigenvalue weighted by Crippen LogP contribution is -2.16. The molecule has 0 radical (unpaired) electrons. The molecule has 1 aromatic rings. The molecule has 4 nitrogen and oxygen atoms in total. The van der Waals surface area contributed by atoms with Crippen molar-refractivity contribution in [2.45, 2.75) is 40.0 Å². The van der Waals surface area contributed by atoms with Crippen molar-refractivity contribution in [3.8, 4) is 0 Å². The van der Waals surface area contributed by atoms with Gasteiger partial charge in [-0.2, -0.15) is 0 Å². The molecule has 2 N–H and O–H groups in total. The van der Waals surface area contributed by atoms with Gasteiger partial charge in [0.1, 0.15) is 11.6 Å². The second-order valence-corrected chi connectivity index (χ2v) is 4.84. The Morgan fingerprint density at radius 1 is 1.25 bits per heavy atom. The average Bonchev–Trinajstić information content (AvgIpc) is 2.55. The van der Waals surface area contributed by atoms with Crippen molar-refractivity contribution in [1.29, 1.82) is 0 Å². The largest absolute Gasteiger partial charge is 0.330 e. The standard InChI is InChI=1S/C12H24N4/c1-9(2)11(7-8-13)5-6-12-15-14-10(3)16(12)4/h9,11H,5-8,13H2,1-4H3. The monoisotopic (exact) mass is 224 g/mol. The van der Waals surface area contributed by atoms with Crippen LogP contribution < -0.4 is 5.73 Å². The van der Waals surface area contributed by atoms with Crippen molar-refractivity contribution in [3.63, 3.8) is 0 Å². The molecule has 92 valence electrons. The topological polar surface area (TPSA) is 56.7 Å². The zero-order chi connectivity index (χ0) is 12.1. The molecular weight excluding hydrogens is 200 g/mol. The van der Waals surface area contributed by atoms with Gasteiger partial charge in [0.2, 0.25) is 0 Å². The third-order valence-electron chi connectivity index (χ3n) is 3.40. The van der Waals surface area contributed by atoms with E-state index in [2.05, 4.69) is 28.6 Å². The number of aryl methyl sites for hydroxylation is 2. The molecular formula is C12H24N4. The molecule has 0 bridgehead atoms. The highest BCUT2D eigenvalue weighted by atomic mass is 15.3. The molecule has 1 unspecified atom stereocenters. The minimum Gasteiger partial charge on any atom is -0.330 e. The maximum atomic E-state index is 5.64. The van der Waals surface area contributed by atoms with Gasteiger partial charge in [0, 0.05) is 13.5 Å². The minimum absolute atomic E-state index is 0.692. The molecule has 0 saturated heterocycles. The summed E-state index contributed by atoms with van der Waals surface area (Å²) < 4.78 is 2.07. The maximum Gasteiger partial charge on any atom is 0.132 e. The number of hydrogen-bond acceptors (Lipinski definition) is 3. The fourth-order valence-corrected chi connectivity index (χ4v) is 2.01. The lowest BCUT2D eigenvalue weighted by atomic mass is 9.88. The SMILES string of the molecule is Cc1nnc(CCC(CCN)C(C)C)n1C. The molecule has 1 rings (SSSR count). The van der Waals surface area contributed by atoms with Crippen LogP contribution in [0.3, 0.4) is 0 Å². The van der Waals surface area contributed by atoms with Gasteiger partial charge in [-0.3, -0.25) is 0 Å². The van der Waals surface area contributed by atoms with E-state index >= 15 is 0 Å². The lowest BCUT2D eigenvalue weighted by Gasteiger charge is -2.19. The van der Waals surface area contributed by atoms with E-state index in [1.54, 1.807) is 0 Å². The van der Waals surface area contributed by atoms with Crippen molar-refractivity contribution >= 4 is 0 Å². The summed E-state index contributed by atoms with van der Waals surface area (Å²) >= 11 is 0. The average molecular weight is 224 g/mol. The van der Waals surface area contributed by atoms with Crippen LogP contribution in [-0.2, 0) is 13.5 Å². The Morgan fingerprint density at radius 2 is 1.94 bits per heavy atom. The molecule has 1 aromatic heterocycles. The van der Waals surface area contributed by atoms with Gasteiger partial charge < -0.3 is 10.3 Å². The fourth-order valence-electron chi connectivity index (χ4n) is 2.01. The number of hydrogen-bond donors (Lipinski definition) is 1. The molecule has 0 saturated carbocycles. The van der Waals surface area contributed by atoms with Crippen LogP contribution in [0, 0.1) is 18.8 Å². The van der Waals surface area contributed by atoms with Crippen molar-refractivity contribution < 1.29 is 0 Å². The van der Waals surface area contributed by atoms with E-state index in [1.807, 2.05) is 14.0 Å². The van der Waals surface area contributed by atoms with Crippen molar-refractivity contribution in [2.75, 3.05) is 6.54 Å². The van der Waals surface area contributed by atoms with E-state index in [0.29, 0.717) is 11.8 Å². The van der Waals surface area contributed by atoms with Crippen LogP contribution in [0.5, 0.6) is 0 Å². The first kappa shape index (κ1) is 13.2. The zero-order valence-electron chi connectivity index (χ0n) is 10.9. The van der Waals surface area contributed by atoms with E-state index in [1.165, 1.54) is 0 Å². The Bertz CT molecular complexity index is 317. The Balaban J connectivity index is 2.52. The van der Waals surface area contributed by atoms with Gasteiger partial charge in [0.25, 0.3) is 0 Å². The summed E-state index contributed by atoms with van der Waals surface area (Å²) in [6.07, 6.45) is 3.26. The smallest absolute Gasteiger partial charge is 0.132 e. The Labute approximate surface area is 98.2 Å². The van der Waals surface area contributed by atoms with Crippen molar-refractivity contribution in [1.82, 2.24) is 14.8 Å². The van der Waals surface area contributed by atoms with Crippen molar-refractivity contribution in [2.24, 2.45) is 24.6 Å². The normalized spacial score (nSPS) is 13.4. The Morgan fingerprint density at radius 3 is 2.38 bits per heavy atom. The van der Waals surface area contributed by atoms with E-state index in [4.69, 9.17) is 5.73 Å². The van der Waals surface area contributed by atoms with Crippen LogP contribution in [-0.4, -0.2) is 21.3 Å². The van der Waals surface area contributed by atoms with Crippen LogP contribution in [0.1, 0.15) is 38.3 Å². The second-order valence-electron chi connectivity index (χ2n) is 4.84. The molecule has 1 atom stereocenters. The van der Waals surface area contributed by atoms with Gasteiger partial charge in [0.05, 0.1) is 0 Å². The molecule has 0 fully saturated rings.